The summed E-state index contributed by atoms with van der Waals surface area (Å²) in [4.78, 5) is 22.2. The second-order valence-electron chi connectivity index (χ2n) is 5.54. The van der Waals surface area contributed by atoms with Crippen LogP contribution in [0.5, 0.6) is 0 Å². The van der Waals surface area contributed by atoms with Crippen LogP contribution < -0.4 is 5.73 Å². The van der Waals surface area contributed by atoms with Gasteiger partial charge in [0.1, 0.15) is 11.4 Å². The Labute approximate surface area is 141 Å². The van der Waals surface area contributed by atoms with E-state index in [4.69, 9.17) is 15.9 Å². The molecular formula is C15H23N2O6S+. The van der Waals surface area contributed by atoms with Crippen molar-refractivity contribution < 1.29 is 32.1 Å². The third kappa shape index (κ3) is 4.53. The number of aryl methyl sites for hydroxylation is 1. The van der Waals surface area contributed by atoms with Crippen LogP contribution in [0.15, 0.2) is 29.2 Å². The maximum atomic E-state index is 13.0. The topological polar surface area (TPSA) is 135 Å². The van der Waals surface area contributed by atoms with Crippen molar-refractivity contribution in [3.05, 3.63) is 29.8 Å². The summed E-state index contributed by atoms with van der Waals surface area (Å²) in [6.45, 7) is -0.218. The van der Waals surface area contributed by atoms with Crippen molar-refractivity contribution in [2.45, 2.75) is 24.7 Å². The second kappa shape index (κ2) is 8.22. The molecule has 0 saturated heterocycles. The number of quaternary nitrogens is 1. The van der Waals surface area contributed by atoms with Crippen molar-refractivity contribution in [2.24, 2.45) is 5.73 Å². The molecule has 0 radical (unpaired) electrons. The number of nitrogens with zero attached hydrogens (tertiary/aromatic N) is 1. The number of nitrogens with two attached hydrogens (primary N) is 1. The van der Waals surface area contributed by atoms with Gasteiger partial charge in [0, 0.05) is 6.54 Å². The van der Waals surface area contributed by atoms with Crippen molar-refractivity contribution >= 4 is 22.0 Å². The van der Waals surface area contributed by atoms with E-state index in [9.17, 15) is 18.0 Å². The van der Waals surface area contributed by atoms with Gasteiger partial charge in [0.2, 0.25) is 0 Å². The Hall–Kier alpha value is -1.97. The van der Waals surface area contributed by atoms with Gasteiger partial charge in [-0.2, -0.15) is 12.3 Å². The van der Waals surface area contributed by atoms with Gasteiger partial charge < -0.3 is 15.9 Å². The summed E-state index contributed by atoms with van der Waals surface area (Å²) in [6.07, 6.45) is 1.69. The van der Waals surface area contributed by atoms with E-state index >= 15 is 0 Å². The van der Waals surface area contributed by atoms with Crippen LogP contribution >= 0.6 is 0 Å². The van der Waals surface area contributed by atoms with Gasteiger partial charge >= 0.3 is 22.0 Å². The molecule has 134 valence electrons. The predicted octanol–water partition coefficient (Wildman–Crippen LogP) is 0.273. The fourth-order valence-corrected chi connectivity index (χ4v) is 4.41. The first kappa shape index (κ1) is 20.1. The van der Waals surface area contributed by atoms with E-state index in [1.54, 1.807) is 12.1 Å². The molecule has 0 aliphatic heterocycles. The minimum atomic E-state index is -4.25. The second-order valence-corrected chi connectivity index (χ2v) is 7.74. The molecule has 9 heteroatoms. The lowest BCUT2D eigenvalue weighted by atomic mass is 10.1. The number of carboxylic acids is 2. The summed E-state index contributed by atoms with van der Waals surface area (Å²) in [5, 5.41) is 18.2. The highest BCUT2D eigenvalue weighted by atomic mass is 32.2. The van der Waals surface area contributed by atoms with Gasteiger partial charge in [0.15, 0.2) is 13.1 Å². The van der Waals surface area contributed by atoms with Crippen molar-refractivity contribution in [3.63, 3.8) is 0 Å². The zero-order valence-electron chi connectivity index (χ0n) is 13.5. The first-order chi connectivity index (χ1) is 11.2. The van der Waals surface area contributed by atoms with Crippen molar-refractivity contribution in [2.75, 3.05) is 26.2 Å². The molecule has 0 spiro atoms. The highest BCUT2D eigenvalue weighted by molar-refractivity contribution is 7.86. The van der Waals surface area contributed by atoms with Gasteiger partial charge in [0.25, 0.3) is 0 Å². The Bertz CT molecular complexity index is 668. The molecule has 0 unspecified atom stereocenters. The minimum absolute atomic E-state index is 0.113. The SMILES string of the molecule is CCCc1ccc(S(=O)(=O)[N+](CCN)(CC(=O)O)CC(=O)O)cc1. The van der Waals surface area contributed by atoms with Crippen LogP contribution in [-0.4, -0.2) is 60.6 Å². The fraction of sp³-hybridized carbons (Fsp3) is 0.467. The Kier molecular flexibility index (Phi) is 6.88. The molecule has 0 fully saturated rings. The lowest BCUT2D eigenvalue weighted by Gasteiger charge is -2.33. The molecule has 1 rings (SSSR count). The average Bonchev–Trinajstić information content (AvgIpc) is 2.46. The number of rotatable bonds is 10. The van der Waals surface area contributed by atoms with Crippen LogP contribution in [0, 0.1) is 0 Å². The van der Waals surface area contributed by atoms with E-state index in [1.807, 2.05) is 6.92 Å². The van der Waals surface area contributed by atoms with Crippen LogP contribution in [0.2, 0.25) is 0 Å². The number of hydrogen-bond donors (Lipinski definition) is 3. The molecule has 0 atom stereocenters. The summed E-state index contributed by atoms with van der Waals surface area (Å²) < 4.78 is 24.8. The molecule has 0 aliphatic rings. The van der Waals surface area contributed by atoms with E-state index in [1.165, 1.54) is 12.1 Å². The van der Waals surface area contributed by atoms with E-state index in [2.05, 4.69) is 0 Å². The summed E-state index contributed by atoms with van der Waals surface area (Å²) in [6, 6.07) is 6.06. The van der Waals surface area contributed by atoms with Crippen molar-refractivity contribution in [3.8, 4) is 0 Å². The maximum Gasteiger partial charge on any atom is 0.360 e. The van der Waals surface area contributed by atoms with Gasteiger partial charge in [-0.15, -0.1) is 0 Å². The Balaban J connectivity index is 3.40. The average molecular weight is 359 g/mol. The zero-order valence-corrected chi connectivity index (χ0v) is 14.3. The van der Waals surface area contributed by atoms with Gasteiger partial charge in [0.05, 0.1) is 0 Å². The third-order valence-corrected chi connectivity index (χ3v) is 5.98. The Morgan fingerprint density at radius 3 is 1.96 bits per heavy atom. The maximum absolute atomic E-state index is 13.0. The quantitative estimate of drug-likeness (QED) is 0.510. The van der Waals surface area contributed by atoms with Crippen LogP contribution in [0.3, 0.4) is 0 Å². The molecule has 0 amide bonds. The molecule has 8 nitrogen and oxygen atoms in total. The summed E-state index contributed by atoms with van der Waals surface area (Å²) in [5.41, 5.74) is 6.39. The Morgan fingerprint density at radius 1 is 1.08 bits per heavy atom. The molecule has 4 N–H and O–H groups in total. The van der Waals surface area contributed by atoms with Gasteiger partial charge in [-0.05, 0) is 24.1 Å². The fourth-order valence-electron chi connectivity index (χ4n) is 2.57. The van der Waals surface area contributed by atoms with Crippen LogP contribution in [0.1, 0.15) is 18.9 Å². The number of carboxylic acid groups (broad SMARTS) is 2. The van der Waals surface area contributed by atoms with Crippen LogP contribution in [0.25, 0.3) is 0 Å². The Morgan fingerprint density at radius 2 is 1.58 bits per heavy atom. The molecular weight excluding hydrogens is 336 g/mol. The number of hydrogen-bond acceptors (Lipinski definition) is 5. The van der Waals surface area contributed by atoms with Crippen molar-refractivity contribution in [1.29, 1.82) is 0 Å². The predicted molar refractivity (Wildman–Crippen MR) is 86.8 cm³/mol. The van der Waals surface area contributed by atoms with Crippen molar-refractivity contribution in [1.82, 2.24) is 0 Å². The summed E-state index contributed by atoms with van der Waals surface area (Å²) >= 11 is 0. The summed E-state index contributed by atoms with van der Waals surface area (Å²) in [7, 11) is -4.25. The molecule has 1 aromatic carbocycles. The van der Waals surface area contributed by atoms with E-state index in [0.29, 0.717) is 0 Å². The van der Waals surface area contributed by atoms with Gasteiger partial charge in [-0.25, -0.2) is 9.59 Å². The number of benzene rings is 1. The van der Waals surface area contributed by atoms with E-state index < -0.39 is 38.9 Å². The molecule has 0 bridgehead atoms. The lowest BCUT2D eigenvalue weighted by molar-refractivity contribution is -0.789. The highest BCUT2D eigenvalue weighted by Gasteiger charge is 2.46. The normalized spacial score (nSPS) is 12.1. The minimum Gasteiger partial charge on any atom is -0.477 e. The van der Waals surface area contributed by atoms with E-state index in [0.717, 1.165) is 18.4 Å². The first-order valence-electron chi connectivity index (χ1n) is 7.52. The third-order valence-electron chi connectivity index (χ3n) is 3.65. The molecule has 1 aromatic rings. The number of carbonyl (C=O) groups is 2. The number of aliphatic carboxylic acids is 2. The summed E-state index contributed by atoms with van der Waals surface area (Å²) in [5.74, 6) is -2.81. The highest BCUT2D eigenvalue weighted by Crippen LogP contribution is 2.24. The first-order valence-corrected chi connectivity index (χ1v) is 8.96. The molecule has 24 heavy (non-hydrogen) atoms. The van der Waals surface area contributed by atoms with E-state index in [-0.39, 0.29) is 18.0 Å². The van der Waals surface area contributed by atoms with Gasteiger partial charge in [-0.1, -0.05) is 25.5 Å². The molecule has 0 heterocycles. The zero-order chi connectivity index (χ0) is 18.4. The van der Waals surface area contributed by atoms with Crippen LogP contribution in [0.4, 0.5) is 0 Å². The van der Waals surface area contributed by atoms with Gasteiger partial charge in [-0.3, -0.25) is 0 Å². The molecule has 0 aliphatic carbocycles. The smallest absolute Gasteiger partial charge is 0.360 e. The standard InChI is InChI=1S/C15H22N2O6S/c1-2-3-12-4-6-13(7-5-12)24(22,23)17(9-8-16,10-14(18)19)11-15(20)21/h4-7H,2-3,8-11,16H2,1H3,(H-,18,19,20,21)/p+1. The van der Waals surface area contributed by atoms with Crippen LogP contribution in [-0.2, 0) is 26.0 Å². The monoisotopic (exact) mass is 359 g/mol. The number of sulfonamides is 1. The molecule has 0 aromatic heterocycles. The largest absolute Gasteiger partial charge is 0.477 e. The lowest BCUT2D eigenvalue weighted by Crippen LogP contribution is -2.59. The molecule has 0 saturated carbocycles.